The Morgan fingerprint density at radius 2 is 2.11 bits per heavy atom. The molecule has 2 rings (SSSR count). The fraction of sp³-hybridized carbons (Fsp3) is 0.500. The van der Waals surface area contributed by atoms with Gasteiger partial charge in [-0.05, 0) is 31.0 Å². The zero-order valence-corrected chi connectivity index (χ0v) is 11.7. The van der Waals surface area contributed by atoms with Crippen LogP contribution in [0.2, 0.25) is 0 Å². The minimum absolute atomic E-state index is 0.235. The summed E-state index contributed by atoms with van der Waals surface area (Å²) in [6.07, 6.45) is 1.07. The molecule has 0 N–H and O–H groups in total. The number of alkyl halides is 1. The van der Waals surface area contributed by atoms with Crippen molar-refractivity contribution in [3.63, 3.8) is 0 Å². The van der Waals surface area contributed by atoms with Gasteiger partial charge in [-0.3, -0.25) is 0 Å². The van der Waals surface area contributed by atoms with Gasteiger partial charge in [0.15, 0.2) is 0 Å². The smallest absolute Gasteiger partial charge is 0.125 e. The zero-order valence-electron chi connectivity index (χ0n) is 11.0. The average Bonchev–Trinajstić information content (AvgIpc) is 2.74. The number of aromatic nitrogens is 2. The van der Waals surface area contributed by atoms with Crippen LogP contribution in [-0.2, 0) is 5.88 Å². The molecule has 0 saturated carbocycles. The lowest BCUT2D eigenvalue weighted by atomic mass is 10.0. The summed E-state index contributed by atoms with van der Waals surface area (Å²) >= 11 is 5.96. The molecule has 0 spiro atoms. The molecule has 1 aromatic carbocycles. The van der Waals surface area contributed by atoms with Crippen LogP contribution in [-0.4, -0.2) is 9.55 Å². The van der Waals surface area contributed by atoms with Crippen LogP contribution in [0.15, 0.2) is 18.2 Å². The van der Waals surface area contributed by atoms with Crippen molar-refractivity contribution in [1.29, 1.82) is 0 Å². The Morgan fingerprint density at radius 3 is 2.72 bits per heavy atom. The number of rotatable bonds is 4. The van der Waals surface area contributed by atoms with E-state index < -0.39 is 0 Å². The van der Waals surface area contributed by atoms with Crippen molar-refractivity contribution in [3.05, 3.63) is 29.8 Å². The molecule has 2 unspecified atom stereocenters. The Labute approximate surface area is 112 Å². The Balaban J connectivity index is 2.62. The second kappa shape index (κ2) is 5.27. The first kappa shape index (κ1) is 13.3. The third kappa shape index (κ3) is 2.24. The van der Waals surface area contributed by atoms with E-state index in [1.165, 1.54) is 12.1 Å². The fourth-order valence-corrected chi connectivity index (χ4v) is 2.45. The van der Waals surface area contributed by atoms with E-state index in [2.05, 4.69) is 30.3 Å². The van der Waals surface area contributed by atoms with Gasteiger partial charge in [0.25, 0.3) is 0 Å². The van der Waals surface area contributed by atoms with Gasteiger partial charge in [0.05, 0.1) is 16.9 Å². The van der Waals surface area contributed by atoms with Crippen molar-refractivity contribution in [2.75, 3.05) is 0 Å². The summed E-state index contributed by atoms with van der Waals surface area (Å²) in [6, 6.07) is 4.94. The Kier molecular flexibility index (Phi) is 3.91. The molecule has 1 aromatic heterocycles. The molecule has 98 valence electrons. The highest BCUT2D eigenvalue weighted by Gasteiger charge is 2.19. The predicted octanol–water partition coefficient (Wildman–Crippen LogP) is 4.52. The second-order valence-corrected chi connectivity index (χ2v) is 5.06. The molecule has 0 saturated heterocycles. The van der Waals surface area contributed by atoms with Crippen molar-refractivity contribution >= 4 is 22.6 Å². The molecular weight excluding hydrogens is 251 g/mol. The van der Waals surface area contributed by atoms with Gasteiger partial charge >= 0.3 is 0 Å². The minimum Gasteiger partial charge on any atom is -0.324 e. The first-order valence-electron chi connectivity index (χ1n) is 6.30. The van der Waals surface area contributed by atoms with Crippen LogP contribution in [0.25, 0.3) is 11.0 Å². The largest absolute Gasteiger partial charge is 0.324 e. The summed E-state index contributed by atoms with van der Waals surface area (Å²) in [6.45, 7) is 6.48. The molecule has 0 aliphatic heterocycles. The Bertz CT molecular complexity index is 550. The predicted molar refractivity (Wildman–Crippen MR) is 73.4 cm³/mol. The molecule has 2 aromatic rings. The number of benzene rings is 1. The lowest BCUT2D eigenvalue weighted by molar-refractivity contribution is 0.371. The zero-order chi connectivity index (χ0) is 13.3. The molecule has 0 amide bonds. The lowest BCUT2D eigenvalue weighted by Gasteiger charge is -2.22. The fourth-order valence-electron chi connectivity index (χ4n) is 2.26. The van der Waals surface area contributed by atoms with Crippen molar-refractivity contribution in [2.24, 2.45) is 5.92 Å². The van der Waals surface area contributed by atoms with Crippen molar-refractivity contribution in [3.8, 4) is 0 Å². The third-order valence-electron chi connectivity index (χ3n) is 3.72. The quantitative estimate of drug-likeness (QED) is 0.746. The van der Waals surface area contributed by atoms with E-state index in [0.29, 0.717) is 11.8 Å². The van der Waals surface area contributed by atoms with E-state index in [0.717, 1.165) is 23.3 Å². The van der Waals surface area contributed by atoms with Crippen LogP contribution >= 0.6 is 11.6 Å². The van der Waals surface area contributed by atoms with E-state index in [1.807, 2.05) is 0 Å². The van der Waals surface area contributed by atoms with Gasteiger partial charge in [-0.2, -0.15) is 0 Å². The molecule has 0 bridgehead atoms. The van der Waals surface area contributed by atoms with Crippen molar-refractivity contribution in [1.82, 2.24) is 9.55 Å². The van der Waals surface area contributed by atoms with Crippen molar-refractivity contribution in [2.45, 2.75) is 39.1 Å². The highest BCUT2D eigenvalue weighted by molar-refractivity contribution is 6.16. The molecule has 0 radical (unpaired) electrons. The molecule has 0 fully saturated rings. The number of hydrogen-bond donors (Lipinski definition) is 0. The van der Waals surface area contributed by atoms with E-state index in [1.54, 1.807) is 6.07 Å². The molecular formula is C14H18ClFN2. The first-order valence-corrected chi connectivity index (χ1v) is 6.84. The number of nitrogens with zero attached hydrogens (tertiary/aromatic N) is 2. The summed E-state index contributed by atoms with van der Waals surface area (Å²) in [5.74, 6) is 1.41. The monoisotopic (exact) mass is 268 g/mol. The molecule has 0 aliphatic carbocycles. The lowest BCUT2D eigenvalue weighted by Crippen LogP contribution is -2.15. The first-order chi connectivity index (χ1) is 8.58. The Hall–Kier alpha value is -1.09. The molecule has 18 heavy (non-hydrogen) atoms. The van der Waals surface area contributed by atoms with E-state index >= 15 is 0 Å². The van der Waals surface area contributed by atoms with Crippen LogP contribution in [0.4, 0.5) is 4.39 Å². The summed E-state index contributed by atoms with van der Waals surface area (Å²) in [4.78, 5) is 4.47. The average molecular weight is 269 g/mol. The van der Waals surface area contributed by atoms with Gasteiger partial charge in [0.2, 0.25) is 0 Å². The minimum atomic E-state index is -0.235. The van der Waals surface area contributed by atoms with Crippen LogP contribution < -0.4 is 0 Å². The van der Waals surface area contributed by atoms with Crippen LogP contribution in [0.3, 0.4) is 0 Å². The number of halogens is 2. The number of fused-ring (bicyclic) bond motifs is 1. The van der Waals surface area contributed by atoms with E-state index in [4.69, 9.17) is 11.6 Å². The van der Waals surface area contributed by atoms with Gasteiger partial charge in [0.1, 0.15) is 11.6 Å². The molecule has 2 atom stereocenters. The maximum absolute atomic E-state index is 13.4. The van der Waals surface area contributed by atoms with Gasteiger partial charge in [-0.15, -0.1) is 11.6 Å². The number of imidazole rings is 1. The van der Waals surface area contributed by atoms with Crippen LogP contribution in [0, 0.1) is 11.7 Å². The van der Waals surface area contributed by atoms with Gasteiger partial charge < -0.3 is 4.57 Å². The highest BCUT2D eigenvalue weighted by Crippen LogP contribution is 2.28. The maximum Gasteiger partial charge on any atom is 0.125 e. The molecule has 4 heteroatoms. The SMILES string of the molecule is CCC(C)C(C)n1c(CCl)nc2ccc(F)cc21. The summed E-state index contributed by atoms with van der Waals surface area (Å²) < 4.78 is 15.5. The van der Waals surface area contributed by atoms with Gasteiger partial charge in [-0.25, -0.2) is 9.37 Å². The standard InChI is InChI=1S/C14H18ClFN2/c1-4-9(2)10(3)18-13-7-11(16)5-6-12(13)17-14(18)8-15/h5-7,9-10H,4,8H2,1-3H3. The number of hydrogen-bond acceptors (Lipinski definition) is 1. The summed E-state index contributed by atoms with van der Waals surface area (Å²) in [5.41, 5.74) is 1.64. The van der Waals surface area contributed by atoms with Crippen LogP contribution in [0.5, 0.6) is 0 Å². The van der Waals surface area contributed by atoms with Gasteiger partial charge in [0, 0.05) is 6.04 Å². The molecule has 0 aliphatic rings. The van der Waals surface area contributed by atoms with Gasteiger partial charge in [-0.1, -0.05) is 20.3 Å². The highest BCUT2D eigenvalue weighted by atomic mass is 35.5. The molecule has 2 nitrogen and oxygen atoms in total. The summed E-state index contributed by atoms with van der Waals surface area (Å²) in [7, 11) is 0. The molecule has 1 heterocycles. The van der Waals surface area contributed by atoms with Crippen LogP contribution in [0.1, 0.15) is 39.1 Å². The third-order valence-corrected chi connectivity index (χ3v) is 3.96. The maximum atomic E-state index is 13.4. The van der Waals surface area contributed by atoms with Crippen molar-refractivity contribution < 1.29 is 4.39 Å². The normalized spacial score (nSPS) is 14.9. The second-order valence-electron chi connectivity index (χ2n) is 4.79. The van der Waals surface area contributed by atoms with E-state index in [-0.39, 0.29) is 11.9 Å². The Morgan fingerprint density at radius 1 is 1.39 bits per heavy atom. The summed E-state index contributed by atoms with van der Waals surface area (Å²) in [5, 5.41) is 0. The van der Waals surface area contributed by atoms with E-state index in [9.17, 15) is 4.39 Å². The topological polar surface area (TPSA) is 17.8 Å².